The van der Waals surface area contributed by atoms with Gasteiger partial charge in [0.15, 0.2) is 0 Å². The summed E-state index contributed by atoms with van der Waals surface area (Å²) in [7, 11) is 1.78. The van der Waals surface area contributed by atoms with E-state index in [1.165, 1.54) is 30.4 Å². The molecule has 1 aliphatic heterocycles. The Bertz CT molecular complexity index is 399. The Labute approximate surface area is 117 Å². The minimum atomic E-state index is -1.72. The van der Waals surface area contributed by atoms with Crippen LogP contribution in [0.5, 0.6) is 0 Å². The molecular weight excluding hydrogens is 256 g/mol. The first-order chi connectivity index (χ1) is 9.30. The van der Waals surface area contributed by atoms with Crippen molar-refractivity contribution in [3.63, 3.8) is 0 Å². The molecule has 19 heavy (non-hydrogen) atoms. The molecular formula is C14H24N2O2Si. The summed E-state index contributed by atoms with van der Waals surface area (Å²) in [5.41, 5.74) is 8.27. The van der Waals surface area contributed by atoms with E-state index >= 15 is 0 Å². The summed E-state index contributed by atoms with van der Waals surface area (Å²) in [6, 6.07) is 9.01. The third-order valence-corrected chi connectivity index (χ3v) is 5.76. The minimum absolute atomic E-state index is 0.414. The summed E-state index contributed by atoms with van der Waals surface area (Å²) < 4.78 is 13.6. The van der Waals surface area contributed by atoms with E-state index in [9.17, 15) is 0 Å². The summed E-state index contributed by atoms with van der Waals surface area (Å²) >= 11 is 0. The minimum Gasteiger partial charge on any atom is -0.388 e. The summed E-state index contributed by atoms with van der Waals surface area (Å²) in [5.74, 6) is 0. The number of hydrogen-bond donors (Lipinski definition) is 1. The van der Waals surface area contributed by atoms with Crippen molar-refractivity contribution in [3.8, 4) is 0 Å². The maximum absolute atomic E-state index is 5.74. The standard InChI is InChI=1S/C14H24N2O2Si/c1-17-19(18-2)16-9-4-3-8-14(16)13-7-5-6-12(10-13)11-15/h5-7,10,14,19H,3-4,8-9,11,15H2,1-2H3. The van der Waals surface area contributed by atoms with Crippen molar-refractivity contribution >= 4 is 9.45 Å². The molecule has 0 amide bonds. The fourth-order valence-corrected chi connectivity index (χ4v) is 4.60. The van der Waals surface area contributed by atoms with Crippen molar-refractivity contribution in [2.75, 3.05) is 20.8 Å². The number of nitrogens with zero attached hydrogens (tertiary/aromatic N) is 1. The molecule has 2 rings (SSSR count). The van der Waals surface area contributed by atoms with Crippen molar-refractivity contribution in [1.29, 1.82) is 0 Å². The van der Waals surface area contributed by atoms with Crippen molar-refractivity contribution in [3.05, 3.63) is 35.4 Å². The Morgan fingerprint density at radius 3 is 2.79 bits per heavy atom. The van der Waals surface area contributed by atoms with Crippen LogP contribution in [-0.4, -0.2) is 34.8 Å². The second-order valence-electron chi connectivity index (χ2n) is 4.98. The molecule has 1 aliphatic rings. The lowest BCUT2D eigenvalue weighted by molar-refractivity contribution is 0.144. The van der Waals surface area contributed by atoms with Gasteiger partial charge in [-0.05, 0) is 30.5 Å². The fourth-order valence-electron chi connectivity index (χ4n) is 2.86. The molecule has 0 aromatic heterocycles. The van der Waals surface area contributed by atoms with E-state index in [4.69, 9.17) is 14.6 Å². The van der Waals surface area contributed by atoms with E-state index in [0.717, 1.165) is 6.54 Å². The summed E-state index contributed by atoms with van der Waals surface area (Å²) in [5, 5.41) is 0. The molecule has 0 aliphatic carbocycles. The van der Waals surface area contributed by atoms with E-state index in [1.54, 1.807) is 14.2 Å². The Balaban J connectivity index is 2.22. The smallest absolute Gasteiger partial charge is 0.388 e. The maximum atomic E-state index is 5.74. The van der Waals surface area contributed by atoms with E-state index < -0.39 is 9.45 Å². The third-order valence-electron chi connectivity index (χ3n) is 3.79. The Hall–Kier alpha value is -0.723. The largest absolute Gasteiger partial charge is 0.411 e. The van der Waals surface area contributed by atoms with Gasteiger partial charge in [-0.2, -0.15) is 0 Å². The van der Waals surface area contributed by atoms with Gasteiger partial charge in [0.2, 0.25) is 0 Å². The first-order valence-electron chi connectivity index (χ1n) is 6.90. The van der Waals surface area contributed by atoms with Gasteiger partial charge in [-0.15, -0.1) is 0 Å². The predicted octanol–water partition coefficient (Wildman–Crippen LogP) is 1.68. The molecule has 1 fully saturated rings. The van der Waals surface area contributed by atoms with Crippen LogP contribution in [0.2, 0.25) is 0 Å². The van der Waals surface area contributed by atoms with Gasteiger partial charge in [0.1, 0.15) is 0 Å². The van der Waals surface area contributed by atoms with Crippen molar-refractivity contribution < 1.29 is 8.85 Å². The molecule has 1 heterocycles. The van der Waals surface area contributed by atoms with Crippen LogP contribution in [0, 0.1) is 0 Å². The molecule has 2 N–H and O–H groups in total. The van der Waals surface area contributed by atoms with Gasteiger partial charge in [0.05, 0.1) is 0 Å². The van der Waals surface area contributed by atoms with Crippen molar-refractivity contribution in [2.24, 2.45) is 5.73 Å². The SMILES string of the molecule is CO[SiH](OC)N1CCCCC1c1cccc(CN)c1. The average molecular weight is 280 g/mol. The van der Waals surface area contributed by atoms with E-state index in [0.29, 0.717) is 12.6 Å². The lowest BCUT2D eigenvalue weighted by Crippen LogP contribution is -2.47. The molecule has 4 nitrogen and oxygen atoms in total. The molecule has 106 valence electrons. The van der Waals surface area contributed by atoms with Crippen LogP contribution < -0.4 is 5.73 Å². The maximum Gasteiger partial charge on any atom is 0.411 e. The molecule has 0 spiro atoms. The van der Waals surface area contributed by atoms with Gasteiger partial charge < -0.3 is 14.6 Å². The Morgan fingerprint density at radius 2 is 2.11 bits per heavy atom. The van der Waals surface area contributed by atoms with Crippen molar-refractivity contribution in [1.82, 2.24) is 4.57 Å². The zero-order valence-electron chi connectivity index (χ0n) is 11.8. The van der Waals surface area contributed by atoms with E-state index in [1.807, 2.05) is 0 Å². The monoisotopic (exact) mass is 280 g/mol. The van der Waals surface area contributed by atoms with Crippen molar-refractivity contribution in [2.45, 2.75) is 31.8 Å². The molecule has 1 aromatic carbocycles. The first-order valence-corrected chi connectivity index (χ1v) is 8.36. The highest BCUT2D eigenvalue weighted by atomic mass is 28.3. The van der Waals surface area contributed by atoms with Crippen LogP contribution in [0.4, 0.5) is 0 Å². The molecule has 1 unspecified atom stereocenters. The Kier molecular flexibility index (Phi) is 5.54. The average Bonchev–Trinajstić information content (AvgIpc) is 2.49. The topological polar surface area (TPSA) is 47.7 Å². The first kappa shape index (κ1) is 14.7. The zero-order valence-corrected chi connectivity index (χ0v) is 13.0. The third kappa shape index (κ3) is 3.43. The van der Waals surface area contributed by atoms with Gasteiger partial charge in [0.25, 0.3) is 0 Å². The molecule has 1 atom stereocenters. The number of nitrogens with two attached hydrogens (primary N) is 1. The highest BCUT2D eigenvalue weighted by Crippen LogP contribution is 2.32. The van der Waals surface area contributed by atoms with Gasteiger partial charge in [-0.3, -0.25) is 4.57 Å². The van der Waals surface area contributed by atoms with Crippen LogP contribution in [0.1, 0.15) is 36.4 Å². The molecule has 1 aromatic rings. The molecule has 0 bridgehead atoms. The molecule has 0 saturated carbocycles. The molecule has 1 saturated heterocycles. The molecule has 0 radical (unpaired) electrons. The van der Waals surface area contributed by atoms with Gasteiger partial charge in [-0.1, -0.05) is 30.7 Å². The lowest BCUT2D eigenvalue weighted by Gasteiger charge is -2.38. The second kappa shape index (κ2) is 7.16. The Morgan fingerprint density at radius 1 is 1.32 bits per heavy atom. The second-order valence-corrected chi connectivity index (χ2v) is 7.20. The number of hydrogen-bond acceptors (Lipinski definition) is 4. The van der Waals surface area contributed by atoms with E-state index in [2.05, 4.69) is 28.8 Å². The van der Waals surface area contributed by atoms with Crippen LogP contribution >= 0.6 is 0 Å². The molecule has 5 heteroatoms. The summed E-state index contributed by atoms with van der Waals surface area (Å²) in [6.07, 6.45) is 3.66. The van der Waals surface area contributed by atoms with Crippen LogP contribution in [0.15, 0.2) is 24.3 Å². The normalized spacial score (nSPS) is 20.9. The predicted molar refractivity (Wildman–Crippen MR) is 78.8 cm³/mol. The van der Waals surface area contributed by atoms with Gasteiger partial charge in [-0.25, -0.2) is 0 Å². The van der Waals surface area contributed by atoms with E-state index in [-0.39, 0.29) is 0 Å². The fraction of sp³-hybridized carbons (Fsp3) is 0.571. The number of piperidine rings is 1. The highest BCUT2D eigenvalue weighted by molar-refractivity contribution is 6.41. The lowest BCUT2D eigenvalue weighted by atomic mass is 9.96. The van der Waals surface area contributed by atoms with Crippen LogP contribution in [0.3, 0.4) is 0 Å². The number of benzene rings is 1. The van der Waals surface area contributed by atoms with Crippen LogP contribution in [0.25, 0.3) is 0 Å². The highest BCUT2D eigenvalue weighted by Gasteiger charge is 2.32. The van der Waals surface area contributed by atoms with Gasteiger partial charge in [0, 0.05) is 26.8 Å². The number of rotatable bonds is 5. The summed E-state index contributed by atoms with van der Waals surface area (Å²) in [4.78, 5) is 0. The zero-order chi connectivity index (χ0) is 13.7. The quantitative estimate of drug-likeness (QED) is 0.834. The van der Waals surface area contributed by atoms with Gasteiger partial charge >= 0.3 is 9.45 Å². The van der Waals surface area contributed by atoms with Crippen LogP contribution in [-0.2, 0) is 15.4 Å². The summed E-state index contributed by atoms with van der Waals surface area (Å²) in [6.45, 7) is 1.66.